The average molecular weight is 388 g/mol. The SMILES string of the molecule is O=C(NC[C@@H](Oc1ccc(F)cc1)C(=O)O)c1cc(-c2ccccc2F)on1. The van der Waals surface area contributed by atoms with Crippen molar-refractivity contribution in [3.63, 3.8) is 0 Å². The van der Waals surface area contributed by atoms with Gasteiger partial charge in [-0.05, 0) is 36.4 Å². The second-order valence-corrected chi connectivity index (χ2v) is 5.66. The van der Waals surface area contributed by atoms with Gasteiger partial charge in [-0.2, -0.15) is 0 Å². The summed E-state index contributed by atoms with van der Waals surface area (Å²) in [7, 11) is 0. The smallest absolute Gasteiger partial charge is 0.346 e. The highest BCUT2D eigenvalue weighted by molar-refractivity contribution is 5.93. The van der Waals surface area contributed by atoms with Crippen LogP contribution >= 0.6 is 0 Å². The monoisotopic (exact) mass is 388 g/mol. The maximum absolute atomic E-state index is 13.8. The molecule has 144 valence electrons. The number of hydrogen-bond acceptors (Lipinski definition) is 5. The molecule has 0 saturated heterocycles. The van der Waals surface area contributed by atoms with E-state index >= 15 is 0 Å². The second kappa shape index (κ2) is 8.30. The van der Waals surface area contributed by atoms with E-state index in [1.165, 1.54) is 36.4 Å². The molecule has 0 fully saturated rings. The summed E-state index contributed by atoms with van der Waals surface area (Å²) in [6, 6.07) is 11.8. The van der Waals surface area contributed by atoms with Gasteiger partial charge in [-0.15, -0.1) is 0 Å². The maximum Gasteiger partial charge on any atom is 0.346 e. The fourth-order valence-electron chi connectivity index (χ4n) is 2.30. The third-order valence-electron chi connectivity index (χ3n) is 3.70. The average Bonchev–Trinajstić information content (AvgIpc) is 3.16. The van der Waals surface area contributed by atoms with Crippen molar-refractivity contribution in [1.29, 1.82) is 0 Å². The van der Waals surface area contributed by atoms with Gasteiger partial charge in [0.05, 0.1) is 12.1 Å². The van der Waals surface area contributed by atoms with Gasteiger partial charge in [-0.25, -0.2) is 13.6 Å². The molecule has 7 nitrogen and oxygen atoms in total. The fourth-order valence-corrected chi connectivity index (χ4v) is 2.30. The van der Waals surface area contributed by atoms with Crippen LogP contribution in [0.3, 0.4) is 0 Å². The Morgan fingerprint density at radius 1 is 1.14 bits per heavy atom. The molecule has 0 aliphatic carbocycles. The van der Waals surface area contributed by atoms with Gasteiger partial charge in [0.2, 0.25) is 6.10 Å². The third-order valence-corrected chi connectivity index (χ3v) is 3.70. The first-order valence-electron chi connectivity index (χ1n) is 8.09. The number of aromatic nitrogens is 1. The summed E-state index contributed by atoms with van der Waals surface area (Å²) in [6.07, 6.45) is -1.41. The van der Waals surface area contributed by atoms with Crippen molar-refractivity contribution >= 4 is 11.9 Å². The molecule has 3 rings (SSSR count). The number of hydrogen-bond donors (Lipinski definition) is 2. The van der Waals surface area contributed by atoms with Crippen molar-refractivity contribution in [2.45, 2.75) is 6.10 Å². The normalized spacial score (nSPS) is 11.6. The summed E-state index contributed by atoms with van der Waals surface area (Å²) >= 11 is 0. The minimum Gasteiger partial charge on any atom is -0.478 e. The van der Waals surface area contributed by atoms with Crippen molar-refractivity contribution in [1.82, 2.24) is 10.5 Å². The largest absolute Gasteiger partial charge is 0.478 e. The van der Waals surface area contributed by atoms with Gasteiger partial charge in [-0.1, -0.05) is 17.3 Å². The van der Waals surface area contributed by atoms with Crippen molar-refractivity contribution in [2.24, 2.45) is 0 Å². The number of nitrogens with zero attached hydrogens (tertiary/aromatic N) is 1. The molecule has 0 spiro atoms. The van der Waals surface area contributed by atoms with Crippen LogP contribution in [0, 0.1) is 11.6 Å². The van der Waals surface area contributed by atoms with Crippen LogP contribution in [0.25, 0.3) is 11.3 Å². The Labute approximate surface area is 157 Å². The predicted molar refractivity (Wildman–Crippen MR) is 92.7 cm³/mol. The van der Waals surface area contributed by atoms with E-state index in [1.54, 1.807) is 6.07 Å². The number of benzene rings is 2. The van der Waals surface area contributed by atoms with Crippen LogP contribution in [-0.2, 0) is 4.79 Å². The predicted octanol–water partition coefficient (Wildman–Crippen LogP) is 2.88. The second-order valence-electron chi connectivity index (χ2n) is 5.66. The molecule has 0 radical (unpaired) electrons. The van der Waals surface area contributed by atoms with E-state index in [4.69, 9.17) is 9.26 Å². The Balaban J connectivity index is 1.64. The first-order valence-corrected chi connectivity index (χ1v) is 8.09. The Bertz CT molecular complexity index is 988. The number of aliphatic carboxylic acids is 1. The maximum atomic E-state index is 13.8. The van der Waals surface area contributed by atoms with Crippen molar-refractivity contribution in [2.75, 3.05) is 6.54 Å². The molecule has 0 bridgehead atoms. The molecule has 1 amide bonds. The third kappa shape index (κ3) is 4.50. The quantitative estimate of drug-likeness (QED) is 0.645. The number of carbonyl (C=O) groups is 2. The minimum absolute atomic E-state index is 0.0561. The molecule has 1 atom stereocenters. The van der Waals surface area contributed by atoms with Crippen LogP contribution in [0.15, 0.2) is 59.1 Å². The van der Waals surface area contributed by atoms with Crippen molar-refractivity contribution < 1.29 is 32.7 Å². The zero-order chi connectivity index (χ0) is 20.1. The van der Waals surface area contributed by atoms with Gasteiger partial charge in [0, 0.05) is 6.07 Å². The summed E-state index contributed by atoms with van der Waals surface area (Å²) in [5, 5.41) is 15.2. The minimum atomic E-state index is -1.41. The number of carboxylic acid groups (broad SMARTS) is 1. The Morgan fingerprint density at radius 3 is 2.54 bits per heavy atom. The van der Waals surface area contributed by atoms with Gasteiger partial charge >= 0.3 is 5.97 Å². The highest BCUT2D eigenvalue weighted by Gasteiger charge is 2.22. The molecular formula is C19H14F2N2O5. The summed E-state index contributed by atoms with van der Waals surface area (Å²) in [5.41, 5.74) is -0.0127. The topological polar surface area (TPSA) is 102 Å². The fraction of sp³-hybridized carbons (Fsp3) is 0.105. The number of carboxylic acids is 1. The summed E-state index contributed by atoms with van der Waals surface area (Å²) in [5.74, 6) is -2.89. The number of ether oxygens (including phenoxy) is 1. The molecule has 1 heterocycles. The lowest BCUT2D eigenvalue weighted by Gasteiger charge is -2.15. The lowest BCUT2D eigenvalue weighted by Crippen LogP contribution is -2.40. The van der Waals surface area contributed by atoms with Crippen LogP contribution in [0.1, 0.15) is 10.5 Å². The zero-order valence-electron chi connectivity index (χ0n) is 14.3. The molecule has 0 aliphatic heterocycles. The van der Waals surface area contributed by atoms with E-state index < -0.39 is 29.6 Å². The van der Waals surface area contributed by atoms with E-state index in [0.717, 1.165) is 12.1 Å². The van der Waals surface area contributed by atoms with Gasteiger partial charge in [0.15, 0.2) is 11.5 Å². The number of nitrogens with one attached hydrogen (secondary N) is 1. The van der Waals surface area contributed by atoms with E-state index in [0.29, 0.717) is 0 Å². The molecule has 2 N–H and O–H groups in total. The molecule has 9 heteroatoms. The van der Waals surface area contributed by atoms with E-state index in [9.17, 15) is 23.5 Å². The first kappa shape index (κ1) is 19.0. The van der Waals surface area contributed by atoms with Gasteiger partial charge in [0.1, 0.15) is 17.4 Å². The van der Waals surface area contributed by atoms with Crippen LogP contribution in [0.2, 0.25) is 0 Å². The molecule has 0 saturated carbocycles. The first-order chi connectivity index (χ1) is 13.4. The van der Waals surface area contributed by atoms with E-state index in [2.05, 4.69) is 10.5 Å². The molecular weight excluding hydrogens is 374 g/mol. The molecule has 2 aromatic carbocycles. The van der Waals surface area contributed by atoms with Crippen LogP contribution in [0.4, 0.5) is 8.78 Å². The summed E-state index contributed by atoms with van der Waals surface area (Å²) in [6.45, 7) is -0.382. The van der Waals surface area contributed by atoms with Crippen LogP contribution < -0.4 is 10.1 Å². The van der Waals surface area contributed by atoms with Gasteiger partial charge < -0.3 is 19.7 Å². The van der Waals surface area contributed by atoms with Crippen molar-refractivity contribution in [3.8, 4) is 17.1 Å². The molecule has 28 heavy (non-hydrogen) atoms. The molecule has 0 aliphatic rings. The molecule has 3 aromatic rings. The number of rotatable bonds is 7. The van der Waals surface area contributed by atoms with E-state index in [1.807, 2.05) is 0 Å². The summed E-state index contributed by atoms with van der Waals surface area (Å²) in [4.78, 5) is 23.5. The lowest BCUT2D eigenvalue weighted by atomic mass is 10.1. The van der Waals surface area contributed by atoms with E-state index in [-0.39, 0.29) is 29.3 Å². The summed E-state index contributed by atoms with van der Waals surface area (Å²) < 4.78 is 36.9. The number of halogens is 2. The standard InChI is InChI=1S/C19H14F2N2O5/c20-11-5-7-12(8-6-11)27-17(19(25)26)10-22-18(24)15-9-16(28-23-15)13-3-1-2-4-14(13)21/h1-9,17H,10H2,(H,22,24)(H,25,26)/t17-/m1/s1. The molecule has 1 aromatic heterocycles. The van der Waals surface area contributed by atoms with Gasteiger partial charge in [-0.3, -0.25) is 4.79 Å². The lowest BCUT2D eigenvalue weighted by molar-refractivity contribution is -0.144. The number of amides is 1. The van der Waals surface area contributed by atoms with Crippen molar-refractivity contribution in [3.05, 3.63) is 71.9 Å². The van der Waals surface area contributed by atoms with Gasteiger partial charge in [0.25, 0.3) is 5.91 Å². The Kier molecular flexibility index (Phi) is 5.64. The highest BCUT2D eigenvalue weighted by atomic mass is 19.1. The zero-order valence-corrected chi connectivity index (χ0v) is 14.3. The van der Waals surface area contributed by atoms with Crippen LogP contribution in [-0.4, -0.2) is 34.8 Å². The Morgan fingerprint density at radius 2 is 1.86 bits per heavy atom. The Hall–Kier alpha value is -3.75. The molecule has 0 unspecified atom stereocenters. The van der Waals surface area contributed by atoms with Crippen LogP contribution in [0.5, 0.6) is 5.75 Å². The number of carbonyl (C=O) groups excluding carboxylic acids is 1. The highest BCUT2D eigenvalue weighted by Crippen LogP contribution is 2.23.